The van der Waals surface area contributed by atoms with Crippen LogP contribution in [-0.4, -0.2) is 87.3 Å². The number of aliphatic carboxylic acids is 4. The highest BCUT2D eigenvalue weighted by Crippen LogP contribution is 2.03. The van der Waals surface area contributed by atoms with Crippen LogP contribution in [0.15, 0.2) is 0 Å². The van der Waals surface area contributed by atoms with Crippen molar-refractivity contribution in [1.82, 2.24) is 21.3 Å². The van der Waals surface area contributed by atoms with Gasteiger partial charge in [-0.05, 0) is 19.3 Å². The summed E-state index contributed by atoms with van der Waals surface area (Å²) in [6.45, 7) is 0. The Hall–Kier alpha value is -3.91. The lowest BCUT2D eigenvalue weighted by atomic mass is 10.1. The van der Waals surface area contributed by atoms with Crippen molar-refractivity contribution >= 4 is 41.7 Å². The van der Waals surface area contributed by atoms with Crippen molar-refractivity contribution in [3.63, 3.8) is 0 Å². The van der Waals surface area contributed by atoms with Crippen LogP contribution in [0, 0.1) is 0 Å². The Labute approximate surface area is 181 Å². The summed E-state index contributed by atoms with van der Waals surface area (Å²) in [7, 11) is 1.36. The summed E-state index contributed by atoms with van der Waals surface area (Å²) in [5, 5.41) is 44.2. The smallest absolute Gasteiger partial charge is 0.326 e. The van der Waals surface area contributed by atoms with E-state index >= 15 is 0 Å². The van der Waals surface area contributed by atoms with Gasteiger partial charge in [0.1, 0.15) is 18.1 Å². The SMILES string of the molecule is CNC(=O)CC[C@H](NC(=O)CC[C@H](NC(=O)N[C@@H](CCC(=O)O)C(=O)O)C(=O)O)C(=O)O. The van der Waals surface area contributed by atoms with Gasteiger partial charge in [-0.2, -0.15) is 0 Å². The van der Waals surface area contributed by atoms with E-state index in [1.807, 2.05) is 10.6 Å². The molecule has 8 N–H and O–H groups in total. The number of carbonyl (C=O) groups excluding carboxylic acids is 3. The number of carboxylic acids is 4. The van der Waals surface area contributed by atoms with Crippen LogP contribution < -0.4 is 21.3 Å². The molecule has 0 heterocycles. The number of rotatable bonds is 15. The topological polar surface area (TPSA) is 249 Å². The maximum atomic E-state index is 12.0. The van der Waals surface area contributed by atoms with Crippen LogP contribution in [0.3, 0.4) is 0 Å². The van der Waals surface area contributed by atoms with Gasteiger partial charge < -0.3 is 41.7 Å². The van der Waals surface area contributed by atoms with Gasteiger partial charge in [-0.1, -0.05) is 0 Å². The average Bonchev–Trinajstić information content (AvgIpc) is 2.70. The zero-order chi connectivity index (χ0) is 24.8. The third-order valence-electron chi connectivity index (χ3n) is 4.09. The molecule has 0 bridgehead atoms. The Morgan fingerprint density at radius 2 is 0.969 bits per heavy atom. The van der Waals surface area contributed by atoms with Crippen molar-refractivity contribution in [2.45, 2.75) is 56.7 Å². The fraction of sp³-hybridized carbons (Fsp3) is 0.588. The molecule has 0 aliphatic heterocycles. The Bertz CT molecular complexity index is 740. The molecule has 0 aliphatic rings. The predicted molar refractivity (Wildman–Crippen MR) is 103 cm³/mol. The van der Waals surface area contributed by atoms with Gasteiger partial charge >= 0.3 is 29.9 Å². The molecule has 0 saturated carbocycles. The van der Waals surface area contributed by atoms with Crippen LogP contribution in [-0.2, 0) is 28.8 Å². The van der Waals surface area contributed by atoms with E-state index in [-0.39, 0.29) is 12.8 Å². The second-order valence-electron chi connectivity index (χ2n) is 6.54. The third kappa shape index (κ3) is 11.9. The first-order valence-corrected chi connectivity index (χ1v) is 9.34. The summed E-state index contributed by atoms with van der Waals surface area (Å²) in [4.78, 5) is 79.2. The molecule has 0 fully saturated rings. The number of hydrogen-bond acceptors (Lipinski definition) is 7. The first-order valence-electron chi connectivity index (χ1n) is 9.34. The van der Waals surface area contributed by atoms with Crippen molar-refractivity contribution in [2.75, 3.05) is 7.05 Å². The van der Waals surface area contributed by atoms with Gasteiger partial charge in [0.25, 0.3) is 0 Å². The summed E-state index contributed by atoms with van der Waals surface area (Å²) in [6, 6.07) is -5.79. The van der Waals surface area contributed by atoms with Gasteiger partial charge in [0.05, 0.1) is 0 Å². The first kappa shape index (κ1) is 28.1. The molecule has 15 heteroatoms. The van der Waals surface area contributed by atoms with Crippen molar-refractivity contribution in [2.24, 2.45) is 0 Å². The van der Waals surface area contributed by atoms with E-state index in [0.717, 1.165) is 0 Å². The van der Waals surface area contributed by atoms with Crippen molar-refractivity contribution in [1.29, 1.82) is 0 Å². The molecule has 0 aromatic carbocycles. The van der Waals surface area contributed by atoms with Crippen molar-refractivity contribution in [3.05, 3.63) is 0 Å². The highest BCUT2D eigenvalue weighted by molar-refractivity contribution is 5.87. The van der Waals surface area contributed by atoms with Gasteiger partial charge in [-0.25, -0.2) is 19.2 Å². The van der Waals surface area contributed by atoms with Gasteiger partial charge in [0, 0.05) is 26.3 Å². The fourth-order valence-corrected chi connectivity index (χ4v) is 2.34. The minimum absolute atomic E-state index is 0.167. The Balaban J connectivity index is 4.80. The van der Waals surface area contributed by atoms with Gasteiger partial charge in [0.15, 0.2) is 0 Å². The van der Waals surface area contributed by atoms with Crippen LogP contribution in [0.25, 0.3) is 0 Å². The number of hydrogen-bond donors (Lipinski definition) is 8. The molecule has 180 valence electrons. The lowest BCUT2D eigenvalue weighted by Crippen LogP contribution is -2.51. The molecule has 0 spiro atoms. The van der Waals surface area contributed by atoms with Crippen molar-refractivity contribution in [3.8, 4) is 0 Å². The number of urea groups is 1. The van der Waals surface area contributed by atoms with E-state index in [1.165, 1.54) is 7.05 Å². The monoisotopic (exact) mass is 462 g/mol. The molecule has 3 atom stereocenters. The third-order valence-corrected chi connectivity index (χ3v) is 4.09. The van der Waals surface area contributed by atoms with E-state index in [4.69, 9.17) is 15.3 Å². The molecule has 0 aromatic heterocycles. The van der Waals surface area contributed by atoms with Crippen LogP contribution in [0.4, 0.5) is 4.79 Å². The Morgan fingerprint density at radius 1 is 0.594 bits per heavy atom. The van der Waals surface area contributed by atoms with Crippen molar-refractivity contribution < 1.29 is 54.0 Å². The van der Waals surface area contributed by atoms with E-state index in [9.17, 15) is 38.7 Å². The van der Waals surface area contributed by atoms with E-state index in [0.29, 0.717) is 0 Å². The van der Waals surface area contributed by atoms with Gasteiger partial charge in [-0.15, -0.1) is 0 Å². The Morgan fingerprint density at radius 3 is 1.34 bits per heavy atom. The second-order valence-corrected chi connectivity index (χ2v) is 6.54. The molecule has 0 aliphatic carbocycles. The molecule has 32 heavy (non-hydrogen) atoms. The van der Waals surface area contributed by atoms with Crippen LogP contribution in [0.1, 0.15) is 38.5 Å². The molecule has 0 aromatic rings. The fourth-order valence-electron chi connectivity index (χ4n) is 2.34. The summed E-state index contributed by atoms with van der Waals surface area (Å²) >= 11 is 0. The lowest BCUT2D eigenvalue weighted by molar-refractivity contribution is -0.143. The predicted octanol–water partition coefficient (Wildman–Crippen LogP) is -2.07. The van der Waals surface area contributed by atoms with Crippen LogP contribution >= 0.6 is 0 Å². The largest absolute Gasteiger partial charge is 0.481 e. The van der Waals surface area contributed by atoms with E-state index < -0.39 is 85.5 Å². The van der Waals surface area contributed by atoms with E-state index in [2.05, 4.69) is 10.6 Å². The van der Waals surface area contributed by atoms with Gasteiger partial charge in [-0.3, -0.25) is 14.4 Å². The quantitative estimate of drug-likeness (QED) is 0.131. The zero-order valence-corrected chi connectivity index (χ0v) is 17.1. The number of carboxylic acid groups (broad SMARTS) is 4. The Kier molecular flexibility index (Phi) is 12.4. The minimum atomic E-state index is -1.62. The summed E-state index contributed by atoms with van der Waals surface area (Å²) < 4.78 is 0. The number of nitrogens with one attached hydrogen (secondary N) is 4. The standard InChI is InChI=1S/C17H26N4O11/c1-18-11(22)5-2-8(14(26)27)19-12(23)6-3-9(15(28)29)20-17(32)21-10(16(30)31)4-7-13(24)25/h8-10H,2-7H2,1H3,(H,18,22)(H,19,23)(H,24,25)(H,26,27)(H,28,29)(H,30,31)(H2,20,21,32)/t8-,9-,10-/m0/s1. The van der Waals surface area contributed by atoms with Crippen LogP contribution in [0.5, 0.6) is 0 Å². The highest BCUT2D eigenvalue weighted by atomic mass is 16.4. The van der Waals surface area contributed by atoms with E-state index in [1.54, 1.807) is 0 Å². The number of amides is 4. The van der Waals surface area contributed by atoms with Crippen LogP contribution in [0.2, 0.25) is 0 Å². The first-order chi connectivity index (χ1) is 14.9. The molecule has 0 unspecified atom stereocenters. The average molecular weight is 462 g/mol. The normalized spacial score (nSPS) is 13.0. The minimum Gasteiger partial charge on any atom is -0.481 e. The highest BCUT2D eigenvalue weighted by Gasteiger charge is 2.26. The maximum absolute atomic E-state index is 12.0. The molecule has 0 saturated heterocycles. The summed E-state index contributed by atoms with van der Waals surface area (Å²) in [6.07, 6.45) is -2.31. The number of carbonyl (C=O) groups is 7. The zero-order valence-electron chi connectivity index (χ0n) is 17.1. The van der Waals surface area contributed by atoms with Gasteiger partial charge in [0.2, 0.25) is 11.8 Å². The lowest BCUT2D eigenvalue weighted by Gasteiger charge is -2.19. The second kappa shape index (κ2) is 14.2. The summed E-state index contributed by atoms with van der Waals surface area (Å²) in [5.74, 6) is -7.02. The maximum Gasteiger partial charge on any atom is 0.326 e. The molecule has 0 radical (unpaired) electrons. The molecular formula is C17H26N4O11. The summed E-state index contributed by atoms with van der Waals surface area (Å²) in [5.41, 5.74) is 0. The molecular weight excluding hydrogens is 436 g/mol. The molecule has 0 rings (SSSR count). The molecule has 4 amide bonds. The molecule has 15 nitrogen and oxygen atoms in total.